The summed E-state index contributed by atoms with van der Waals surface area (Å²) in [4.78, 5) is 21.2. The number of likely N-dealkylation sites (tertiary alicyclic amines) is 1. The number of fused-ring (bicyclic) bond motifs is 1. The van der Waals surface area contributed by atoms with Gasteiger partial charge in [-0.25, -0.2) is 4.98 Å². The average Bonchev–Trinajstić information content (AvgIpc) is 3.02. The number of carbonyl (C=O) groups excluding carboxylic acids is 1. The van der Waals surface area contributed by atoms with Gasteiger partial charge >= 0.3 is 0 Å². The monoisotopic (exact) mass is 255 g/mol. The predicted octanol–water partition coefficient (Wildman–Crippen LogP) is 2.14. The second kappa shape index (κ2) is 4.88. The van der Waals surface area contributed by atoms with Gasteiger partial charge in [0.15, 0.2) is 0 Å². The lowest BCUT2D eigenvalue weighted by Crippen LogP contribution is -2.27. The highest BCUT2D eigenvalue weighted by molar-refractivity contribution is 5.80. The molecule has 4 nitrogen and oxygen atoms in total. The van der Waals surface area contributed by atoms with E-state index in [0.29, 0.717) is 12.3 Å². The fourth-order valence-corrected chi connectivity index (χ4v) is 2.67. The van der Waals surface area contributed by atoms with Crippen molar-refractivity contribution >= 4 is 16.9 Å². The zero-order valence-corrected chi connectivity index (χ0v) is 10.8. The number of pyridine rings is 1. The van der Waals surface area contributed by atoms with Gasteiger partial charge in [0, 0.05) is 43.2 Å². The molecular formula is C15H17N3O. The number of hydrogen-bond donors (Lipinski definition) is 1. The van der Waals surface area contributed by atoms with Crippen LogP contribution in [0.15, 0.2) is 37.2 Å². The number of hydrogen-bond acceptors (Lipinski definition) is 2. The van der Waals surface area contributed by atoms with E-state index in [2.05, 4.69) is 16.5 Å². The van der Waals surface area contributed by atoms with Gasteiger partial charge < -0.3 is 9.88 Å². The third kappa shape index (κ3) is 2.26. The summed E-state index contributed by atoms with van der Waals surface area (Å²) in [6.45, 7) is 5.35. The molecule has 1 aliphatic heterocycles. The topological polar surface area (TPSA) is 49.0 Å². The Labute approximate surface area is 112 Å². The molecule has 0 radical (unpaired) electrons. The molecule has 1 saturated heterocycles. The van der Waals surface area contributed by atoms with Crippen LogP contribution >= 0.6 is 0 Å². The van der Waals surface area contributed by atoms with Gasteiger partial charge in [0.1, 0.15) is 5.65 Å². The average molecular weight is 255 g/mol. The maximum Gasteiger partial charge on any atom is 0.223 e. The van der Waals surface area contributed by atoms with Crippen LogP contribution in [0.1, 0.15) is 12.0 Å². The van der Waals surface area contributed by atoms with Gasteiger partial charge in [0.25, 0.3) is 0 Å². The first-order valence-corrected chi connectivity index (χ1v) is 6.59. The lowest BCUT2D eigenvalue weighted by molar-refractivity contribution is -0.127. The maximum absolute atomic E-state index is 11.8. The van der Waals surface area contributed by atoms with Crippen molar-refractivity contribution < 1.29 is 4.79 Å². The number of H-pyrrole nitrogens is 1. The van der Waals surface area contributed by atoms with E-state index in [1.165, 1.54) is 5.56 Å². The van der Waals surface area contributed by atoms with Crippen LogP contribution in [0.5, 0.6) is 0 Å². The van der Waals surface area contributed by atoms with Crippen LogP contribution in [0.3, 0.4) is 0 Å². The zero-order chi connectivity index (χ0) is 13.2. The fourth-order valence-electron chi connectivity index (χ4n) is 2.67. The van der Waals surface area contributed by atoms with Gasteiger partial charge in [0.05, 0.1) is 0 Å². The van der Waals surface area contributed by atoms with Gasteiger partial charge in [-0.15, -0.1) is 6.58 Å². The summed E-state index contributed by atoms with van der Waals surface area (Å²) < 4.78 is 0. The maximum atomic E-state index is 11.8. The van der Waals surface area contributed by atoms with Crippen LogP contribution < -0.4 is 0 Å². The van der Waals surface area contributed by atoms with Crippen molar-refractivity contribution in [3.05, 3.63) is 42.7 Å². The minimum absolute atomic E-state index is 0.240. The van der Waals surface area contributed by atoms with E-state index in [-0.39, 0.29) is 5.91 Å². The van der Waals surface area contributed by atoms with Crippen molar-refractivity contribution in [3.63, 3.8) is 0 Å². The molecule has 1 N–H and O–H groups in total. The normalized spacial score (nSPS) is 19.3. The molecule has 0 bridgehead atoms. The Kier molecular flexibility index (Phi) is 3.07. The third-order valence-corrected chi connectivity index (χ3v) is 3.78. The first-order chi connectivity index (χ1) is 9.28. The fraction of sp³-hybridized carbons (Fsp3) is 0.333. The summed E-state index contributed by atoms with van der Waals surface area (Å²) in [6, 6.07) is 4.07. The van der Waals surface area contributed by atoms with Crippen LogP contribution in [0.25, 0.3) is 11.0 Å². The molecule has 0 aliphatic carbocycles. The Hall–Kier alpha value is -2.10. The summed E-state index contributed by atoms with van der Waals surface area (Å²) in [7, 11) is 0. The van der Waals surface area contributed by atoms with Crippen LogP contribution in [-0.4, -0.2) is 33.9 Å². The van der Waals surface area contributed by atoms with Crippen molar-refractivity contribution in [2.45, 2.75) is 12.8 Å². The molecule has 1 fully saturated rings. The highest BCUT2D eigenvalue weighted by Crippen LogP contribution is 2.20. The number of aromatic nitrogens is 2. The Morgan fingerprint density at radius 2 is 2.42 bits per heavy atom. The summed E-state index contributed by atoms with van der Waals surface area (Å²) in [5, 5.41) is 1.15. The molecule has 98 valence electrons. The number of nitrogens with zero attached hydrogens (tertiary/aromatic N) is 2. The van der Waals surface area contributed by atoms with Gasteiger partial charge in [-0.05, 0) is 24.1 Å². The lowest BCUT2D eigenvalue weighted by atomic mass is 10.1. The molecule has 1 unspecified atom stereocenters. The van der Waals surface area contributed by atoms with E-state index in [1.54, 1.807) is 0 Å². The first-order valence-electron chi connectivity index (χ1n) is 6.59. The minimum atomic E-state index is 0.240. The summed E-state index contributed by atoms with van der Waals surface area (Å²) >= 11 is 0. The summed E-state index contributed by atoms with van der Waals surface area (Å²) in [5.41, 5.74) is 2.15. The highest BCUT2D eigenvalue weighted by Gasteiger charge is 2.26. The number of aromatic amines is 1. The highest BCUT2D eigenvalue weighted by atomic mass is 16.2. The third-order valence-electron chi connectivity index (χ3n) is 3.78. The molecule has 1 amide bonds. The Morgan fingerprint density at radius 3 is 3.21 bits per heavy atom. The zero-order valence-electron chi connectivity index (χ0n) is 10.8. The lowest BCUT2D eigenvalue weighted by Gasteiger charge is -2.16. The molecule has 4 heteroatoms. The van der Waals surface area contributed by atoms with E-state index in [0.717, 1.165) is 30.5 Å². The van der Waals surface area contributed by atoms with E-state index in [1.807, 2.05) is 35.5 Å². The number of amides is 1. The van der Waals surface area contributed by atoms with Crippen molar-refractivity contribution in [1.29, 1.82) is 0 Å². The van der Waals surface area contributed by atoms with E-state index >= 15 is 0 Å². The second-order valence-electron chi connectivity index (χ2n) is 5.00. The minimum Gasteiger partial charge on any atom is -0.346 e. The van der Waals surface area contributed by atoms with Crippen molar-refractivity contribution in [2.24, 2.45) is 5.92 Å². The molecule has 0 aromatic carbocycles. The summed E-state index contributed by atoms with van der Waals surface area (Å²) in [6.07, 6.45) is 7.07. The number of carbonyl (C=O) groups is 1. The molecule has 3 rings (SSSR count). The molecule has 0 spiro atoms. The van der Waals surface area contributed by atoms with E-state index in [4.69, 9.17) is 0 Å². The SMILES string of the molecule is C=CC1CC(=O)N(CCc2ccnc3[nH]ccc23)C1. The molecule has 1 atom stereocenters. The molecule has 0 saturated carbocycles. The molecule has 1 aliphatic rings. The second-order valence-corrected chi connectivity index (χ2v) is 5.00. The van der Waals surface area contributed by atoms with Crippen molar-refractivity contribution in [3.8, 4) is 0 Å². The van der Waals surface area contributed by atoms with Crippen LogP contribution in [0, 0.1) is 5.92 Å². The molecule has 2 aromatic heterocycles. The first kappa shape index (κ1) is 12.0. The standard InChI is InChI=1S/C15H17N3O/c1-2-11-9-14(19)18(10-11)8-5-12-3-6-16-15-13(12)4-7-17-15/h2-4,6-7,11H,1,5,8-10H2,(H,16,17). The molecule has 19 heavy (non-hydrogen) atoms. The van der Waals surface area contributed by atoms with Crippen molar-refractivity contribution in [2.75, 3.05) is 13.1 Å². The molecule has 2 aromatic rings. The van der Waals surface area contributed by atoms with Gasteiger partial charge in [-0.1, -0.05) is 6.08 Å². The van der Waals surface area contributed by atoms with Crippen LogP contribution in [-0.2, 0) is 11.2 Å². The van der Waals surface area contributed by atoms with E-state index in [9.17, 15) is 4.79 Å². The van der Waals surface area contributed by atoms with Crippen molar-refractivity contribution in [1.82, 2.24) is 14.9 Å². The Balaban J connectivity index is 1.71. The molecular weight excluding hydrogens is 238 g/mol. The van der Waals surface area contributed by atoms with Gasteiger partial charge in [-0.3, -0.25) is 4.79 Å². The quantitative estimate of drug-likeness (QED) is 0.851. The van der Waals surface area contributed by atoms with E-state index < -0.39 is 0 Å². The van der Waals surface area contributed by atoms with Crippen LogP contribution in [0.4, 0.5) is 0 Å². The largest absolute Gasteiger partial charge is 0.346 e. The Morgan fingerprint density at radius 1 is 1.53 bits per heavy atom. The molecule has 3 heterocycles. The van der Waals surface area contributed by atoms with Gasteiger partial charge in [-0.2, -0.15) is 0 Å². The van der Waals surface area contributed by atoms with Gasteiger partial charge in [0.2, 0.25) is 5.91 Å². The number of rotatable bonds is 4. The van der Waals surface area contributed by atoms with Crippen LogP contribution in [0.2, 0.25) is 0 Å². The predicted molar refractivity (Wildman–Crippen MR) is 74.7 cm³/mol. The Bertz CT molecular complexity index is 617. The number of nitrogens with one attached hydrogen (secondary N) is 1. The summed E-state index contributed by atoms with van der Waals surface area (Å²) in [5.74, 6) is 0.557. The smallest absolute Gasteiger partial charge is 0.223 e.